The molecule has 0 radical (unpaired) electrons. The fourth-order valence-corrected chi connectivity index (χ4v) is 8.25. The highest BCUT2D eigenvalue weighted by molar-refractivity contribution is 5.25. The van der Waals surface area contributed by atoms with Crippen LogP contribution in [-0.4, -0.2) is 11.2 Å². The molecule has 3 saturated carbocycles. The van der Waals surface area contributed by atoms with Crippen LogP contribution in [0.25, 0.3) is 0 Å². The summed E-state index contributed by atoms with van der Waals surface area (Å²) in [7, 11) is 0. The van der Waals surface area contributed by atoms with E-state index in [1.807, 2.05) is 0 Å². The summed E-state index contributed by atoms with van der Waals surface area (Å²) in [5.41, 5.74) is 2.51. The number of rotatable bonds is 4. The minimum atomic E-state index is -0.0866. The molecule has 0 aromatic rings. The summed E-state index contributed by atoms with van der Waals surface area (Å²) in [6.45, 7) is 14.7. The van der Waals surface area contributed by atoms with Gasteiger partial charge < -0.3 is 5.11 Å². The van der Waals surface area contributed by atoms with Crippen LogP contribution in [0.5, 0.6) is 0 Å². The van der Waals surface area contributed by atoms with Crippen LogP contribution in [0, 0.1) is 52.3 Å². The molecule has 29 heavy (non-hydrogen) atoms. The number of allylic oxidation sites excluding steroid dienone is 3. The first kappa shape index (κ1) is 21.7. The molecule has 4 aliphatic carbocycles. The first-order valence-electron chi connectivity index (χ1n) is 12.7. The molecule has 9 atom stereocenters. The fraction of sp³-hybridized carbons (Fsp3) is 0.857. The van der Waals surface area contributed by atoms with Gasteiger partial charge in [0.1, 0.15) is 0 Å². The van der Waals surface area contributed by atoms with Gasteiger partial charge in [-0.2, -0.15) is 0 Å². The Kier molecular flexibility index (Phi) is 5.86. The third kappa shape index (κ3) is 3.58. The molecule has 164 valence electrons. The largest absolute Gasteiger partial charge is 0.393 e. The number of aliphatic hydroxyl groups is 1. The second-order valence-corrected chi connectivity index (χ2v) is 12.2. The van der Waals surface area contributed by atoms with E-state index in [2.05, 4.69) is 59.8 Å². The van der Waals surface area contributed by atoms with E-state index in [1.165, 1.54) is 38.5 Å². The highest BCUT2D eigenvalue weighted by Crippen LogP contribution is 2.67. The van der Waals surface area contributed by atoms with Crippen molar-refractivity contribution in [2.24, 2.45) is 52.3 Å². The van der Waals surface area contributed by atoms with Crippen molar-refractivity contribution in [3.8, 4) is 0 Å². The second-order valence-electron chi connectivity index (χ2n) is 12.2. The van der Waals surface area contributed by atoms with Gasteiger partial charge in [0.25, 0.3) is 0 Å². The van der Waals surface area contributed by atoms with E-state index in [0.717, 1.165) is 42.4 Å². The van der Waals surface area contributed by atoms with Gasteiger partial charge in [-0.15, -0.1) is 0 Å². The minimum Gasteiger partial charge on any atom is -0.393 e. The van der Waals surface area contributed by atoms with Crippen LogP contribution in [-0.2, 0) is 0 Å². The van der Waals surface area contributed by atoms with Crippen molar-refractivity contribution < 1.29 is 5.11 Å². The Bertz CT molecular complexity index is 659. The molecule has 0 amide bonds. The molecular weight excluding hydrogens is 352 g/mol. The number of hydrogen-bond donors (Lipinski definition) is 1. The number of hydrogen-bond acceptors (Lipinski definition) is 1. The van der Waals surface area contributed by atoms with Crippen LogP contribution in [0.3, 0.4) is 0 Å². The van der Waals surface area contributed by atoms with E-state index in [-0.39, 0.29) is 6.10 Å². The van der Waals surface area contributed by atoms with Crippen molar-refractivity contribution in [3.05, 3.63) is 23.8 Å². The number of aliphatic hydroxyl groups excluding tert-OH is 1. The van der Waals surface area contributed by atoms with Gasteiger partial charge >= 0.3 is 0 Å². The fourth-order valence-electron chi connectivity index (χ4n) is 8.25. The van der Waals surface area contributed by atoms with Crippen molar-refractivity contribution in [2.45, 2.75) is 99.0 Å². The molecule has 1 heteroatoms. The Morgan fingerprint density at radius 3 is 2.45 bits per heavy atom. The average Bonchev–Trinajstić information content (AvgIpc) is 3.03. The third-order valence-electron chi connectivity index (χ3n) is 10.6. The van der Waals surface area contributed by atoms with Crippen LogP contribution in [0.4, 0.5) is 0 Å². The van der Waals surface area contributed by atoms with Crippen molar-refractivity contribution in [2.75, 3.05) is 0 Å². The zero-order chi connectivity index (χ0) is 21.0. The Hall–Kier alpha value is -0.560. The van der Waals surface area contributed by atoms with Crippen molar-refractivity contribution in [1.82, 2.24) is 0 Å². The molecule has 4 rings (SSSR count). The topological polar surface area (TPSA) is 20.2 Å². The monoisotopic (exact) mass is 398 g/mol. The lowest BCUT2D eigenvalue weighted by atomic mass is 9.47. The van der Waals surface area contributed by atoms with Crippen LogP contribution in [0.1, 0.15) is 92.9 Å². The lowest BCUT2D eigenvalue weighted by Gasteiger charge is -2.58. The van der Waals surface area contributed by atoms with Gasteiger partial charge in [0.2, 0.25) is 0 Å². The van der Waals surface area contributed by atoms with Gasteiger partial charge in [-0.05, 0) is 104 Å². The summed E-state index contributed by atoms with van der Waals surface area (Å²) in [5, 5.41) is 10.2. The quantitative estimate of drug-likeness (QED) is 0.489. The standard InChI is InChI=1S/C28H46O/c1-18(2)19(3)7-8-20(4)24-11-12-25-23-10-9-21-17-22(29)13-15-27(21,5)26(23)14-16-28(24,25)6/h7-9,18-20,22-26,29H,10-17H2,1-6H3/b8-7+/t19?,20?,22-,23-,24+,25-,26-,27-,28+/m0/s1. The third-order valence-corrected chi connectivity index (χ3v) is 10.6. The van der Waals surface area contributed by atoms with Crippen molar-refractivity contribution in [1.29, 1.82) is 0 Å². The maximum absolute atomic E-state index is 10.2. The molecule has 1 N–H and O–H groups in total. The first-order valence-corrected chi connectivity index (χ1v) is 12.7. The van der Waals surface area contributed by atoms with Gasteiger partial charge in [-0.25, -0.2) is 0 Å². The second kappa shape index (κ2) is 7.85. The molecule has 0 saturated heterocycles. The van der Waals surface area contributed by atoms with Crippen LogP contribution >= 0.6 is 0 Å². The average molecular weight is 399 g/mol. The van der Waals surface area contributed by atoms with Gasteiger partial charge in [0.05, 0.1) is 6.10 Å². The summed E-state index contributed by atoms with van der Waals surface area (Å²) in [6, 6.07) is 0. The zero-order valence-electron chi connectivity index (χ0n) is 20.0. The Morgan fingerprint density at radius 2 is 1.72 bits per heavy atom. The molecule has 0 aromatic carbocycles. The predicted molar refractivity (Wildman–Crippen MR) is 124 cm³/mol. The Labute approximate surface area is 180 Å². The molecule has 2 unspecified atom stereocenters. The number of fused-ring (bicyclic) bond motifs is 5. The summed E-state index contributed by atoms with van der Waals surface area (Å²) >= 11 is 0. The molecule has 4 aliphatic rings. The highest BCUT2D eigenvalue weighted by Gasteiger charge is 2.58. The molecule has 0 aromatic heterocycles. The molecule has 0 aliphatic heterocycles. The van der Waals surface area contributed by atoms with Gasteiger partial charge in [-0.3, -0.25) is 0 Å². The molecular formula is C28H46O. The van der Waals surface area contributed by atoms with E-state index in [1.54, 1.807) is 5.57 Å². The maximum Gasteiger partial charge on any atom is 0.0577 e. The van der Waals surface area contributed by atoms with Crippen LogP contribution in [0.15, 0.2) is 23.8 Å². The summed E-state index contributed by atoms with van der Waals surface area (Å²) in [4.78, 5) is 0. The van der Waals surface area contributed by atoms with Crippen LogP contribution in [0.2, 0.25) is 0 Å². The lowest BCUT2D eigenvalue weighted by molar-refractivity contribution is -0.0540. The summed E-state index contributed by atoms with van der Waals surface area (Å²) in [6.07, 6.45) is 17.7. The zero-order valence-corrected chi connectivity index (χ0v) is 20.0. The van der Waals surface area contributed by atoms with Gasteiger partial charge in [-0.1, -0.05) is 65.3 Å². The van der Waals surface area contributed by atoms with E-state index in [9.17, 15) is 5.11 Å². The molecule has 3 fully saturated rings. The van der Waals surface area contributed by atoms with Gasteiger partial charge in [0.15, 0.2) is 0 Å². The SMILES string of the molecule is CC(C)C(C)/C=C/C(C)[C@H]1CC[C@H]2[C@@H]3CC=C4C[C@@H](O)CC[C@]4(C)[C@H]3CC[C@]12C. The Morgan fingerprint density at radius 1 is 0.966 bits per heavy atom. The predicted octanol–water partition coefficient (Wildman–Crippen LogP) is 7.41. The van der Waals surface area contributed by atoms with E-state index < -0.39 is 0 Å². The lowest BCUT2D eigenvalue weighted by Crippen LogP contribution is -2.50. The van der Waals surface area contributed by atoms with E-state index >= 15 is 0 Å². The molecule has 1 nitrogen and oxygen atoms in total. The highest BCUT2D eigenvalue weighted by atomic mass is 16.3. The summed E-state index contributed by atoms with van der Waals surface area (Å²) in [5.74, 6) is 5.63. The smallest absolute Gasteiger partial charge is 0.0577 e. The Balaban J connectivity index is 1.53. The van der Waals surface area contributed by atoms with Crippen molar-refractivity contribution in [3.63, 3.8) is 0 Å². The normalized spacial score (nSPS) is 46.8. The molecule has 0 spiro atoms. The minimum absolute atomic E-state index is 0.0866. The molecule has 0 bridgehead atoms. The maximum atomic E-state index is 10.2. The van der Waals surface area contributed by atoms with Crippen LogP contribution < -0.4 is 0 Å². The first-order chi connectivity index (χ1) is 13.7. The van der Waals surface area contributed by atoms with Crippen molar-refractivity contribution >= 4 is 0 Å². The molecule has 0 heterocycles. The van der Waals surface area contributed by atoms with E-state index in [0.29, 0.717) is 22.7 Å². The summed E-state index contributed by atoms with van der Waals surface area (Å²) < 4.78 is 0. The van der Waals surface area contributed by atoms with E-state index in [4.69, 9.17) is 0 Å². The van der Waals surface area contributed by atoms with Gasteiger partial charge in [0, 0.05) is 0 Å².